The minimum absolute atomic E-state index is 0.307. The largest absolute Gasteiger partial charge is 0.333 e. The van der Waals surface area contributed by atoms with E-state index in [1.54, 1.807) is 30.7 Å². The Labute approximate surface area is 121 Å². The number of halogens is 1. The van der Waals surface area contributed by atoms with Crippen LogP contribution in [0, 0.1) is 17.1 Å². The molecule has 4 nitrogen and oxygen atoms in total. The number of aromatic nitrogens is 3. The van der Waals surface area contributed by atoms with Crippen molar-refractivity contribution in [3.63, 3.8) is 0 Å². The molecule has 3 rings (SSSR count). The zero-order chi connectivity index (χ0) is 14.8. The maximum Gasteiger partial charge on any atom is 0.123 e. The fraction of sp³-hybridized carbons (Fsp3) is 0.0625. The number of aryl methyl sites for hydroxylation is 1. The van der Waals surface area contributed by atoms with Crippen molar-refractivity contribution in [1.82, 2.24) is 14.5 Å². The Morgan fingerprint density at radius 2 is 2.05 bits per heavy atom. The molecule has 2 aromatic heterocycles. The van der Waals surface area contributed by atoms with Crippen molar-refractivity contribution in [2.75, 3.05) is 0 Å². The van der Waals surface area contributed by atoms with Gasteiger partial charge < -0.3 is 4.57 Å². The van der Waals surface area contributed by atoms with E-state index >= 15 is 0 Å². The van der Waals surface area contributed by atoms with Gasteiger partial charge in [0.05, 0.1) is 29.3 Å². The first-order chi connectivity index (χ1) is 10.2. The number of hydrogen-bond donors (Lipinski definition) is 0. The molecule has 21 heavy (non-hydrogen) atoms. The molecule has 0 spiro atoms. The number of nitriles is 1. The Bertz CT molecular complexity index is 845. The highest BCUT2D eigenvalue weighted by molar-refractivity contribution is 5.77. The highest BCUT2D eigenvalue weighted by Crippen LogP contribution is 2.30. The summed E-state index contributed by atoms with van der Waals surface area (Å²) in [5, 5.41) is 8.98. The highest BCUT2D eigenvalue weighted by atomic mass is 19.1. The lowest BCUT2D eigenvalue weighted by molar-refractivity contribution is 0.628. The molecule has 0 radical (unpaired) electrons. The molecular weight excluding hydrogens is 267 g/mol. The zero-order valence-corrected chi connectivity index (χ0v) is 11.3. The van der Waals surface area contributed by atoms with E-state index in [0.29, 0.717) is 22.5 Å². The predicted octanol–water partition coefficient (Wildman–Crippen LogP) is 3.16. The predicted molar refractivity (Wildman–Crippen MR) is 76.5 cm³/mol. The molecule has 0 aliphatic rings. The summed E-state index contributed by atoms with van der Waals surface area (Å²) in [6, 6.07) is 11.7. The molecule has 0 aliphatic heterocycles. The fourth-order valence-electron chi connectivity index (χ4n) is 2.22. The summed E-state index contributed by atoms with van der Waals surface area (Å²) in [6.07, 6.45) is 3.22. The van der Waals surface area contributed by atoms with Gasteiger partial charge in [-0.3, -0.25) is 4.98 Å². The summed E-state index contributed by atoms with van der Waals surface area (Å²) in [5.74, 6) is -0.307. The van der Waals surface area contributed by atoms with Crippen LogP contribution in [0.4, 0.5) is 4.39 Å². The molecule has 5 heteroatoms. The van der Waals surface area contributed by atoms with E-state index in [9.17, 15) is 4.39 Å². The Balaban J connectivity index is 2.19. The van der Waals surface area contributed by atoms with Gasteiger partial charge in [0.1, 0.15) is 11.5 Å². The van der Waals surface area contributed by atoms with Gasteiger partial charge in [0, 0.05) is 18.8 Å². The minimum atomic E-state index is -0.307. The lowest BCUT2D eigenvalue weighted by atomic mass is 10.1. The van der Waals surface area contributed by atoms with Crippen LogP contribution in [0.5, 0.6) is 0 Å². The molecule has 0 aliphatic carbocycles. The first-order valence-corrected chi connectivity index (χ1v) is 6.33. The Morgan fingerprint density at radius 1 is 1.19 bits per heavy atom. The summed E-state index contributed by atoms with van der Waals surface area (Å²) in [4.78, 5) is 8.59. The second-order valence-electron chi connectivity index (χ2n) is 4.60. The van der Waals surface area contributed by atoms with Gasteiger partial charge >= 0.3 is 0 Å². The van der Waals surface area contributed by atoms with Crippen LogP contribution in [0.25, 0.3) is 22.6 Å². The second-order valence-corrected chi connectivity index (χ2v) is 4.60. The number of benzene rings is 1. The molecule has 0 atom stereocenters. The monoisotopic (exact) mass is 278 g/mol. The number of imidazole rings is 1. The Morgan fingerprint density at radius 3 is 2.81 bits per heavy atom. The summed E-state index contributed by atoms with van der Waals surface area (Å²) < 4.78 is 15.3. The van der Waals surface area contributed by atoms with E-state index in [1.165, 1.54) is 12.1 Å². The van der Waals surface area contributed by atoms with Crippen molar-refractivity contribution in [2.24, 2.45) is 7.05 Å². The molecule has 0 saturated heterocycles. The van der Waals surface area contributed by atoms with E-state index in [0.717, 1.165) is 5.69 Å². The quantitative estimate of drug-likeness (QED) is 0.723. The van der Waals surface area contributed by atoms with E-state index in [4.69, 9.17) is 5.26 Å². The van der Waals surface area contributed by atoms with Crippen LogP contribution in [0.1, 0.15) is 5.56 Å². The van der Waals surface area contributed by atoms with Gasteiger partial charge in [-0.15, -0.1) is 0 Å². The van der Waals surface area contributed by atoms with Crippen LogP contribution in [-0.4, -0.2) is 14.5 Å². The van der Waals surface area contributed by atoms with Crippen LogP contribution in [0.15, 0.2) is 48.9 Å². The first kappa shape index (κ1) is 13.0. The molecule has 0 amide bonds. The molecule has 102 valence electrons. The number of hydrogen-bond acceptors (Lipinski definition) is 3. The summed E-state index contributed by atoms with van der Waals surface area (Å²) in [6.45, 7) is 0. The third kappa shape index (κ3) is 2.39. The van der Waals surface area contributed by atoms with E-state index in [1.807, 2.05) is 17.7 Å². The van der Waals surface area contributed by atoms with Crippen molar-refractivity contribution in [3.05, 3.63) is 60.3 Å². The van der Waals surface area contributed by atoms with E-state index in [2.05, 4.69) is 16.0 Å². The topological polar surface area (TPSA) is 54.5 Å². The van der Waals surface area contributed by atoms with Crippen LogP contribution >= 0.6 is 0 Å². The van der Waals surface area contributed by atoms with Gasteiger partial charge in [-0.1, -0.05) is 12.1 Å². The summed E-state index contributed by atoms with van der Waals surface area (Å²) in [5.41, 5.74) is 3.20. The number of rotatable bonds is 2. The third-order valence-electron chi connectivity index (χ3n) is 3.17. The fourth-order valence-corrected chi connectivity index (χ4v) is 2.22. The minimum Gasteiger partial charge on any atom is -0.333 e. The van der Waals surface area contributed by atoms with Crippen LogP contribution in [0.2, 0.25) is 0 Å². The van der Waals surface area contributed by atoms with Crippen molar-refractivity contribution in [3.8, 4) is 28.7 Å². The van der Waals surface area contributed by atoms with Gasteiger partial charge in [0.25, 0.3) is 0 Å². The molecule has 0 saturated carbocycles. The third-order valence-corrected chi connectivity index (χ3v) is 3.17. The standard InChI is InChI=1S/C16H11FN4/c1-21-10-20-15(14-7-11(9-18)5-6-19-14)16(21)12-3-2-4-13(17)8-12/h2-8,10H,1H3. The van der Waals surface area contributed by atoms with Gasteiger partial charge in [-0.05, 0) is 24.3 Å². The average Bonchev–Trinajstić information content (AvgIpc) is 2.89. The normalized spacial score (nSPS) is 10.3. The summed E-state index contributed by atoms with van der Waals surface area (Å²) in [7, 11) is 1.84. The molecule has 0 bridgehead atoms. The molecule has 1 aromatic carbocycles. The Kier molecular flexibility index (Phi) is 3.20. The SMILES string of the molecule is Cn1cnc(-c2cc(C#N)ccn2)c1-c1cccc(F)c1. The lowest BCUT2D eigenvalue weighted by Gasteiger charge is -2.06. The zero-order valence-electron chi connectivity index (χ0n) is 11.3. The first-order valence-electron chi connectivity index (χ1n) is 6.33. The Hall–Kier alpha value is -3.00. The molecule has 0 unspecified atom stereocenters. The van der Waals surface area contributed by atoms with Crippen molar-refractivity contribution in [1.29, 1.82) is 5.26 Å². The smallest absolute Gasteiger partial charge is 0.123 e. The van der Waals surface area contributed by atoms with Crippen molar-refractivity contribution in [2.45, 2.75) is 0 Å². The molecule has 0 fully saturated rings. The van der Waals surface area contributed by atoms with E-state index in [-0.39, 0.29) is 5.82 Å². The second kappa shape index (κ2) is 5.17. The highest BCUT2D eigenvalue weighted by Gasteiger charge is 2.15. The molecule has 2 heterocycles. The average molecular weight is 278 g/mol. The summed E-state index contributed by atoms with van der Waals surface area (Å²) >= 11 is 0. The molecule has 0 N–H and O–H groups in total. The van der Waals surface area contributed by atoms with E-state index < -0.39 is 0 Å². The maximum absolute atomic E-state index is 13.5. The van der Waals surface area contributed by atoms with Gasteiger partial charge in [0.15, 0.2) is 0 Å². The van der Waals surface area contributed by atoms with Gasteiger partial charge in [0.2, 0.25) is 0 Å². The molecular formula is C16H11FN4. The van der Waals surface area contributed by atoms with Crippen molar-refractivity contribution >= 4 is 0 Å². The van der Waals surface area contributed by atoms with Crippen molar-refractivity contribution < 1.29 is 4.39 Å². The lowest BCUT2D eigenvalue weighted by Crippen LogP contribution is -1.93. The van der Waals surface area contributed by atoms with Crippen LogP contribution in [0.3, 0.4) is 0 Å². The van der Waals surface area contributed by atoms with Gasteiger partial charge in [-0.25, -0.2) is 9.37 Å². The number of nitrogens with zero attached hydrogens (tertiary/aromatic N) is 4. The van der Waals surface area contributed by atoms with Gasteiger partial charge in [-0.2, -0.15) is 5.26 Å². The molecule has 3 aromatic rings. The van der Waals surface area contributed by atoms with Crippen LogP contribution < -0.4 is 0 Å². The number of pyridine rings is 1. The van der Waals surface area contributed by atoms with Crippen LogP contribution in [-0.2, 0) is 7.05 Å². The maximum atomic E-state index is 13.5.